The third-order valence-electron chi connectivity index (χ3n) is 7.52. The minimum Gasteiger partial charge on any atom is -0.465 e. The maximum Gasteiger partial charge on any atom is 0.309 e. The summed E-state index contributed by atoms with van der Waals surface area (Å²) in [6, 6.07) is -0.0928. The van der Waals surface area contributed by atoms with Crippen LogP contribution in [0.2, 0.25) is 0 Å². The fourth-order valence-electron chi connectivity index (χ4n) is 5.59. The van der Waals surface area contributed by atoms with E-state index in [0.717, 1.165) is 68.7 Å². The summed E-state index contributed by atoms with van der Waals surface area (Å²) >= 11 is 0. The number of fused-ring (bicyclic) bond motifs is 1. The zero-order chi connectivity index (χ0) is 22.7. The average Bonchev–Trinajstić information content (AvgIpc) is 3.12. The molecule has 178 valence electrons. The van der Waals surface area contributed by atoms with Gasteiger partial charge in [-0.25, -0.2) is 0 Å². The first-order valence-electron chi connectivity index (χ1n) is 12.2. The number of rotatable bonds is 6. The minimum absolute atomic E-state index is 0.0152. The second kappa shape index (κ2) is 9.91. The Morgan fingerprint density at radius 3 is 2.75 bits per heavy atom. The van der Waals surface area contributed by atoms with Crippen molar-refractivity contribution >= 4 is 11.9 Å². The van der Waals surface area contributed by atoms with Crippen molar-refractivity contribution in [3.63, 3.8) is 0 Å². The van der Waals surface area contributed by atoms with E-state index < -0.39 is 0 Å². The molecule has 3 heterocycles. The van der Waals surface area contributed by atoms with Gasteiger partial charge in [0, 0.05) is 26.9 Å². The number of ether oxygens (including phenoxy) is 3. The van der Waals surface area contributed by atoms with Crippen molar-refractivity contribution in [1.29, 1.82) is 0 Å². The van der Waals surface area contributed by atoms with Crippen LogP contribution in [-0.2, 0) is 31.8 Å². The summed E-state index contributed by atoms with van der Waals surface area (Å²) in [4.78, 5) is 25.8. The first-order chi connectivity index (χ1) is 15.5. The van der Waals surface area contributed by atoms with E-state index in [0.29, 0.717) is 26.0 Å². The van der Waals surface area contributed by atoms with Gasteiger partial charge in [0.2, 0.25) is 0 Å². The zero-order valence-electron chi connectivity index (χ0n) is 19.7. The van der Waals surface area contributed by atoms with Gasteiger partial charge in [-0.1, -0.05) is 13.8 Å². The molecule has 32 heavy (non-hydrogen) atoms. The summed E-state index contributed by atoms with van der Waals surface area (Å²) in [5, 5.41) is 8.13. The molecule has 1 saturated heterocycles. The van der Waals surface area contributed by atoms with E-state index >= 15 is 0 Å². The number of nitrogens with zero attached hydrogens (tertiary/aromatic N) is 2. The Morgan fingerprint density at radius 1 is 1.28 bits per heavy atom. The first-order valence-corrected chi connectivity index (χ1v) is 12.2. The van der Waals surface area contributed by atoms with Gasteiger partial charge in [-0.15, -0.1) is 0 Å². The summed E-state index contributed by atoms with van der Waals surface area (Å²) in [5.74, 6) is -0.325. The Balaban J connectivity index is 1.70. The summed E-state index contributed by atoms with van der Waals surface area (Å²) in [5.41, 5.74) is 2.53. The number of esters is 1. The standard InChI is InChI=1S/C24H37N3O5/c1-4-10-32-23(29)16-6-7-20(30-3)18(13-16)27-19-14-24(8-11-31-12-9-24)15-25-22(28)21(19)17(5-2)26-27/h16,18,20H,4-15H2,1-3H3,(H,25,28). The average molecular weight is 448 g/mol. The number of aromatic nitrogens is 2. The molecule has 3 atom stereocenters. The zero-order valence-corrected chi connectivity index (χ0v) is 19.7. The molecular formula is C24H37N3O5. The van der Waals surface area contributed by atoms with Gasteiger partial charge < -0.3 is 19.5 Å². The SMILES string of the molecule is CCCOC(=O)C1CCC(OC)C(n2nc(CC)c3c2CC2(CCOCC2)CNC3=O)C1. The van der Waals surface area contributed by atoms with Crippen molar-refractivity contribution in [2.24, 2.45) is 11.3 Å². The second-order valence-electron chi connectivity index (χ2n) is 9.56. The molecular weight excluding hydrogens is 410 g/mol. The predicted octanol–water partition coefficient (Wildman–Crippen LogP) is 2.84. The lowest BCUT2D eigenvalue weighted by Crippen LogP contribution is -2.41. The van der Waals surface area contributed by atoms with Crippen LogP contribution in [0.15, 0.2) is 0 Å². The number of methoxy groups -OCH3 is 1. The van der Waals surface area contributed by atoms with Crippen LogP contribution in [0.25, 0.3) is 0 Å². The van der Waals surface area contributed by atoms with Crippen LogP contribution in [0.3, 0.4) is 0 Å². The lowest BCUT2D eigenvalue weighted by molar-refractivity contribution is -0.151. The molecule has 1 spiro atoms. The molecule has 0 bridgehead atoms. The van der Waals surface area contributed by atoms with Crippen LogP contribution >= 0.6 is 0 Å². The van der Waals surface area contributed by atoms with E-state index in [4.69, 9.17) is 19.3 Å². The molecule has 1 amide bonds. The summed E-state index contributed by atoms with van der Waals surface area (Å²) in [7, 11) is 1.73. The second-order valence-corrected chi connectivity index (χ2v) is 9.56. The Morgan fingerprint density at radius 2 is 2.06 bits per heavy atom. The molecule has 1 aliphatic carbocycles. The van der Waals surface area contributed by atoms with Crippen molar-refractivity contribution in [2.75, 3.05) is 33.5 Å². The molecule has 0 radical (unpaired) electrons. The van der Waals surface area contributed by atoms with Crippen LogP contribution in [0.1, 0.15) is 80.2 Å². The van der Waals surface area contributed by atoms with Crippen LogP contribution < -0.4 is 5.32 Å². The lowest BCUT2D eigenvalue weighted by atomic mass is 9.76. The van der Waals surface area contributed by atoms with Crippen LogP contribution in [0.5, 0.6) is 0 Å². The molecule has 2 aliphatic heterocycles. The normalized spacial score (nSPS) is 27.5. The van der Waals surface area contributed by atoms with Gasteiger partial charge >= 0.3 is 5.97 Å². The number of hydrogen-bond acceptors (Lipinski definition) is 6. The fourth-order valence-corrected chi connectivity index (χ4v) is 5.59. The fraction of sp³-hybridized carbons (Fsp3) is 0.792. The molecule has 8 nitrogen and oxygen atoms in total. The maximum atomic E-state index is 13.1. The molecule has 1 N–H and O–H groups in total. The van der Waals surface area contributed by atoms with Crippen molar-refractivity contribution < 1.29 is 23.8 Å². The highest BCUT2D eigenvalue weighted by molar-refractivity contribution is 5.97. The predicted molar refractivity (Wildman–Crippen MR) is 119 cm³/mol. The van der Waals surface area contributed by atoms with Crippen molar-refractivity contribution in [3.8, 4) is 0 Å². The number of aryl methyl sites for hydroxylation is 1. The highest BCUT2D eigenvalue weighted by atomic mass is 16.5. The molecule has 2 fully saturated rings. The van der Waals surface area contributed by atoms with Crippen LogP contribution in [0, 0.1) is 11.3 Å². The maximum absolute atomic E-state index is 13.1. The molecule has 1 aromatic heterocycles. The topological polar surface area (TPSA) is 91.7 Å². The number of carbonyl (C=O) groups is 2. The van der Waals surface area contributed by atoms with Gasteiger partial charge in [-0.3, -0.25) is 14.3 Å². The third kappa shape index (κ3) is 4.44. The molecule has 1 saturated carbocycles. The monoisotopic (exact) mass is 447 g/mol. The number of carbonyl (C=O) groups excluding carboxylic acids is 2. The minimum atomic E-state index is -0.167. The van der Waals surface area contributed by atoms with Crippen LogP contribution in [-0.4, -0.2) is 61.2 Å². The summed E-state index contributed by atoms with van der Waals surface area (Å²) < 4.78 is 19.0. The third-order valence-corrected chi connectivity index (χ3v) is 7.52. The van der Waals surface area contributed by atoms with Gasteiger partial charge in [0.25, 0.3) is 5.91 Å². The molecule has 1 aromatic rings. The van der Waals surface area contributed by atoms with Gasteiger partial charge in [-0.2, -0.15) is 5.10 Å². The number of amides is 1. The molecule has 4 rings (SSSR count). The smallest absolute Gasteiger partial charge is 0.309 e. The molecule has 8 heteroatoms. The van der Waals surface area contributed by atoms with Crippen molar-refractivity contribution in [3.05, 3.63) is 17.0 Å². The van der Waals surface area contributed by atoms with E-state index in [2.05, 4.69) is 5.32 Å². The van der Waals surface area contributed by atoms with Gasteiger partial charge in [0.15, 0.2) is 0 Å². The molecule has 0 aromatic carbocycles. The van der Waals surface area contributed by atoms with Crippen LogP contribution in [0.4, 0.5) is 0 Å². The Bertz CT molecular complexity index is 830. The largest absolute Gasteiger partial charge is 0.465 e. The van der Waals surface area contributed by atoms with Gasteiger partial charge in [0.1, 0.15) is 0 Å². The quantitative estimate of drug-likeness (QED) is 0.675. The summed E-state index contributed by atoms with van der Waals surface area (Å²) in [6.45, 7) is 6.59. The van der Waals surface area contributed by atoms with E-state index in [1.54, 1.807) is 7.11 Å². The van der Waals surface area contributed by atoms with E-state index in [1.165, 1.54) is 0 Å². The Hall–Kier alpha value is -1.93. The molecule has 3 unspecified atom stereocenters. The Kier molecular flexibility index (Phi) is 7.20. The van der Waals surface area contributed by atoms with E-state index in [-0.39, 0.29) is 35.4 Å². The number of nitrogens with one attached hydrogen (secondary N) is 1. The highest BCUT2D eigenvalue weighted by Gasteiger charge is 2.43. The molecule has 3 aliphatic rings. The van der Waals surface area contributed by atoms with Gasteiger partial charge in [0.05, 0.1) is 41.6 Å². The number of hydrogen-bond donors (Lipinski definition) is 1. The Labute approximate surface area is 190 Å². The van der Waals surface area contributed by atoms with Crippen molar-refractivity contribution in [1.82, 2.24) is 15.1 Å². The van der Waals surface area contributed by atoms with E-state index in [1.807, 2.05) is 18.5 Å². The first kappa shape index (κ1) is 23.2. The van der Waals surface area contributed by atoms with Gasteiger partial charge in [-0.05, 0) is 56.8 Å². The highest BCUT2D eigenvalue weighted by Crippen LogP contribution is 2.41. The van der Waals surface area contributed by atoms with Crippen molar-refractivity contribution in [2.45, 2.75) is 77.4 Å². The summed E-state index contributed by atoms with van der Waals surface area (Å²) in [6.07, 6.45) is 6.23. The van der Waals surface area contributed by atoms with E-state index in [9.17, 15) is 9.59 Å². The lowest BCUT2D eigenvalue weighted by Gasteiger charge is -2.38.